The van der Waals surface area contributed by atoms with E-state index in [2.05, 4.69) is 9.97 Å². The van der Waals surface area contributed by atoms with Gasteiger partial charge < -0.3 is 0 Å². The molecule has 1 rings (SSSR count). The third-order valence-corrected chi connectivity index (χ3v) is 0.915. The van der Waals surface area contributed by atoms with E-state index in [0.717, 1.165) is 11.5 Å². The van der Waals surface area contributed by atoms with Crippen molar-refractivity contribution in [1.29, 1.82) is 0 Å². The molecule has 0 aromatic carbocycles. The predicted octanol–water partition coefficient (Wildman–Crippen LogP) is 2.12. The van der Waals surface area contributed by atoms with E-state index >= 15 is 0 Å². The van der Waals surface area contributed by atoms with Crippen molar-refractivity contribution in [2.45, 2.75) is 27.7 Å². The van der Waals surface area contributed by atoms with Crippen molar-refractivity contribution in [3.63, 3.8) is 0 Å². The quantitative estimate of drug-likeness (QED) is 0.548. The Kier molecular flexibility index (Phi) is 4.46. The number of aromatic nitrogens is 2. The Morgan fingerprint density at radius 2 is 1.80 bits per heavy atom. The molecule has 0 bridgehead atoms. The lowest BCUT2D eigenvalue weighted by Gasteiger charge is -1.89. The summed E-state index contributed by atoms with van der Waals surface area (Å²) in [5, 5.41) is 0. The molecule has 0 radical (unpaired) electrons. The summed E-state index contributed by atoms with van der Waals surface area (Å²) in [7, 11) is 0. The first kappa shape index (κ1) is 9.08. The average molecular weight is 138 g/mol. The van der Waals surface area contributed by atoms with Crippen LogP contribution < -0.4 is 0 Å². The minimum Gasteiger partial charge on any atom is -0.242 e. The topological polar surface area (TPSA) is 25.8 Å². The van der Waals surface area contributed by atoms with Crippen LogP contribution in [-0.4, -0.2) is 9.97 Å². The number of hydrogen-bond acceptors (Lipinski definition) is 2. The molecule has 0 spiro atoms. The van der Waals surface area contributed by atoms with Crippen molar-refractivity contribution in [1.82, 2.24) is 9.97 Å². The van der Waals surface area contributed by atoms with Gasteiger partial charge in [0.25, 0.3) is 0 Å². The molecule has 0 unspecified atom stereocenters. The number of rotatable bonds is 0. The highest BCUT2D eigenvalue weighted by molar-refractivity contribution is 4.97. The van der Waals surface area contributed by atoms with Gasteiger partial charge in [0, 0.05) is 11.9 Å². The monoisotopic (exact) mass is 138 g/mol. The van der Waals surface area contributed by atoms with Crippen LogP contribution in [0.1, 0.15) is 25.4 Å². The Balaban J connectivity index is 0.000000371. The standard InChI is InChI=1S/C6H8N2.C2H6/c1-5-3-4-7-6(2)8-5;1-2/h3-4H,1-2H3;1-2H3. The van der Waals surface area contributed by atoms with E-state index in [-0.39, 0.29) is 0 Å². The first-order valence-electron chi connectivity index (χ1n) is 3.55. The minimum absolute atomic E-state index is 0.838. The Labute approximate surface area is 62.3 Å². The molecule has 0 saturated heterocycles. The van der Waals surface area contributed by atoms with Crippen molar-refractivity contribution in [2.24, 2.45) is 0 Å². The van der Waals surface area contributed by atoms with Crippen LogP contribution in [0, 0.1) is 13.8 Å². The summed E-state index contributed by atoms with van der Waals surface area (Å²) in [4.78, 5) is 7.99. The Morgan fingerprint density at radius 3 is 2.10 bits per heavy atom. The molecule has 2 nitrogen and oxygen atoms in total. The number of nitrogens with zero attached hydrogens (tertiary/aromatic N) is 2. The third-order valence-electron chi connectivity index (χ3n) is 0.915. The molecule has 1 aromatic heterocycles. The maximum absolute atomic E-state index is 4.06. The van der Waals surface area contributed by atoms with Crippen molar-refractivity contribution >= 4 is 0 Å². The van der Waals surface area contributed by atoms with Gasteiger partial charge >= 0.3 is 0 Å². The summed E-state index contributed by atoms with van der Waals surface area (Å²) in [5.74, 6) is 0.838. The molecule has 0 aliphatic heterocycles. The second kappa shape index (κ2) is 4.91. The average Bonchev–Trinajstić information content (AvgIpc) is 1.91. The Bertz CT molecular complexity index is 167. The van der Waals surface area contributed by atoms with Crippen molar-refractivity contribution in [2.75, 3.05) is 0 Å². The van der Waals surface area contributed by atoms with E-state index in [1.807, 2.05) is 33.8 Å². The molecule has 0 aliphatic rings. The first-order valence-corrected chi connectivity index (χ1v) is 3.55. The summed E-state index contributed by atoms with van der Waals surface area (Å²) in [6.07, 6.45) is 1.76. The van der Waals surface area contributed by atoms with Gasteiger partial charge in [0.1, 0.15) is 5.82 Å². The van der Waals surface area contributed by atoms with Crippen LogP contribution in [0.5, 0.6) is 0 Å². The second-order valence-corrected chi connectivity index (χ2v) is 1.75. The van der Waals surface area contributed by atoms with Gasteiger partial charge in [-0.25, -0.2) is 9.97 Å². The SMILES string of the molecule is CC.Cc1ccnc(C)n1. The lowest BCUT2D eigenvalue weighted by atomic mass is 10.4. The van der Waals surface area contributed by atoms with E-state index in [0.29, 0.717) is 0 Å². The summed E-state index contributed by atoms with van der Waals surface area (Å²) in [5.41, 5.74) is 1.03. The molecule has 2 heteroatoms. The molecular weight excluding hydrogens is 124 g/mol. The molecule has 0 N–H and O–H groups in total. The molecule has 0 amide bonds. The van der Waals surface area contributed by atoms with Gasteiger partial charge in [-0.15, -0.1) is 0 Å². The number of aryl methyl sites for hydroxylation is 2. The largest absolute Gasteiger partial charge is 0.242 e. The van der Waals surface area contributed by atoms with Gasteiger partial charge in [-0.3, -0.25) is 0 Å². The molecule has 10 heavy (non-hydrogen) atoms. The fourth-order valence-electron chi connectivity index (χ4n) is 0.574. The van der Waals surface area contributed by atoms with Gasteiger partial charge in [-0.2, -0.15) is 0 Å². The Morgan fingerprint density at radius 1 is 1.20 bits per heavy atom. The van der Waals surface area contributed by atoms with E-state index in [1.165, 1.54) is 0 Å². The lowest BCUT2D eigenvalue weighted by molar-refractivity contribution is 1.01. The van der Waals surface area contributed by atoms with E-state index in [9.17, 15) is 0 Å². The molecule has 0 atom stereocenters. The predicted molar refractivity (Wildman–Crippen MR) is 42.9 cm³/mol. The molecule has 0 fully saturated rings. The molecule has 56 valence electrons. The Hall–Kier alpha value is -0.920. The van der Waals surface area contributed by atoms with Crippen LogP contribution in [0.3, 0.4) is 0 Å². The maximum atomic E-state index is 4.06. The van der Waals surface area contributed by atoms with Crippen molar-refractivity contribution in [3.8, 4) is 0 Å². The fraction of sp³-hybridized carbons (Fsp3) is 0.500. The zero-order valence-electron chi connectivity index (χ0n) is 7.05. The van der Waals surface area contributed by atoms with E-state index < -0.39 is 0 Å². The first-order chi connectivity index (χ1) is 4.79. The maximum Gasteiger partial charge on any atom is 0.125 e. The summed E-state index contributed by atoms with van der Waals surface area (Å²) >= 11 is 0. The van der Waals surface area contributed by atoms with Crippen LogP contribution in [0.25, 0.3) is 0 Å². The fourth-order valence-corrected chi connectivity index (χ4v) is 0.574. The van der Waals surface area contributed by atoms with E-state index in [4.69, 9.17) is 0 Å². The highest BCUT2D eigenvalue weighted by Crippen LogP contribution is 1.88. The second-order valence-electron chi connectivity index (χ2n) is 1.75. The molecule has 1 heterocycles. The summed E-state index contributed by atoms with van der Waals surface area (Å²) < 4.78 is 0. The van der Waals surface area contributed by atoms with Gasteiger partial charge in [0.05, 0.1) is 0 Å². The van der Waals surface area contributed by atoms with Crippen molar-refractivity contribution < 1.29 is 0 Å². The zero-order chi connectivity index (χ0) is 7.98. The zero-order valence-corrected chi connectivity index (χ0v) is 7.05. The normalized spacial score (nSPS) is 8.00. The highest BCUT2D eigenvalue weighted by atomic mass is 14.9. The van der Waals surface area contributed by atoms with Gasteiger partial charge in [-0.05, 0) is 19.9 Å². The molecular formula is C8H14N2. The van der Waals surface area contributed by atoms with Gasteiger partial charge in [0.15, 0.2) is 0 Å². The van der Waals surface area contributed by atoms with Crippen LogP contribution in [0.15, 0.2) is 12.3 Å². The summed E-state index contributed by atoms with van der Waals surface area (Å²) in [6.45, 7) is 7.84. The van der Waals surface area contributed by atoms with Crippen LogP contribution >= 0.6 is 0 Å². The van der Waals surface area contributed by atoms with Gasteiger partial charge in [-0.1, -0.05) is 13.8 Å². The smallest absolute Gasteiger partial charge is 0.125 e. The molecule has 1 aromatic rings. The van der Waals surface area contributed by atoms with E-state index in [1.54, 1.807) is 6.20 Å². The minimum atomic E-state index is 0.838. The highest BCUT2D eigenvalue weighted by Gasteiger charge is 1.83. The third kappa shape index (κ3) is 3.17. The van der Waals surface area contributed by atoms with Crippen molar-refractivity contribution in [3.05, 3.63) is 23.8 Å². The van der Waals surface area contributed by atoms with Gasteiger partial charge in [0.2, 0.25) is 0 Å². The summed E-state index contributed by atoms with van der Waals surface area (Å²) in [6, 6.07) is 1.88. The molecule has 0 aliphatic carbocycles. The molecule has 0 saturated carbocycles. The van der Waals surface area contributed by atoms with Crippen LogP contribution in [0.4, 0.5) is 0 Å². The number of hydrogen-bond donors (Lipinski definition) is 0. The van der Waals surface area contributed by atoms with Crippen LogP contribution in [-0.2, 0) is 0 Å². The lowest BCUT2D eigenvalue weighted by Crippen LogP contribution is -1.86. The van der Waals surface area contributed by atoms with Crippen LogP contribution in [0.2, 0.25) is 0 Å².